The van der Waals surface area contributed by atoms with Gasteiger partial charge in [-0.2, -0.15) is 5.10 Å². The van der Waals surface area contributed by atoms with Gasteiger partial charge in [0.2, 0.25) is 0 Å². The van der Waals surface area contributed by atoms with Crippen LogP contribution in [0.5, 0.6) is 0 Å². The topological polar surface area (TPSA) is 56.0 Å². The van der Waals surface area contributed by atoms with Crippen molar-refractivity contribution in [1.29, 1.82) is 0 Å². The molecule has 0 amide bonds. The summed E-state index contributed by atoms with van der Waals surface area (Å²) in [5, 5.41) is 6.89. The van der Waals surface area contributed by atoms with Crippen LogP contribution in [0.3, 0.4) is 0 Å². The zero-order chi connectivity index (χ0) is 16.6. The van der Waals surface area contributed by atoms with Crippen molar-refractivity contribution in [2.75, 3.05) is 0 Å². The number of aryl methyl sites for hydroxylation is 2. The van der Waals surface area contributed by atoms with E-state index in [1.807, 2.05) is 53.3 Å². The third kappa shape index (κ3) is 2.50. The molecule has 0 spiro atoms. The maximum atomic E-state index is 4.72. The van der Waals surface area contributed by atoms with Crippen LogP contribution in [-0.4, -0.2) is 24.6 Å². The predicted octanol–water partition coefficient (Wildman–Crippen LogP) is 3.61. The molecule has 2 aromatic carbocycles. The number of aromatic nitrogens is 5. The lowest BCUT2D eigenvalue weighted by molar-refractivity contribution is 0.820. The van der Waals surface area contributed by atoms with Crippen molar-refractivity contribution in [3.8, 4) is 0 Å². The molecular weight excluding hydrogens is 310 g/mol. The first kappa shape index (κ1) is 14.0. The van der Waals surface area contributed by atoms with Crippen molar-refractivity contribution in [2.45, 2.75) is 12.8 Å². The smallest absolute Gasteiger partial charge is 0.163 e. The molecular formula is C20H15N5. The lowest BCUT2D eigenvalue weighted by Crippen LogP contribution is -1.98. The number of hydrogen-bond acceptors (Lipinski definition) is 4. The van der Waals surface area contributed by atoms with E-state index in [0.717, 1.165) is 46.4 Å². The molecule has 0 saturated carbocycles. The summed E-state index contributed by atoms with van der Waals surface area (Å²) >= 11 is 0. The summed E-state index contributed by atoms with van der Waals surface area (Å²) in [6.07, 6.45) is 5.31. The SMILES string of the molecule is c1ccc2c(c1)ccn1nc(CCc3cnc4ccccc4n3)nc21. The molecule has 0 bridgehead atoms. The Morgan fingerprint density at radius 1 is 0.800 bits per heavy atom. The normalized spacial score (nSPS) is 11.5. The lowest BCUT2D eigenvalue weighted by atomic mass is 10.2. The van der Waals surface area contributed by atoms with Crippen molar-refractivity contribution in [2.24, 2.45) is 0 Å². The summed E-state index contributed by atoms with van der Waals surface area (Å²) in [7, 11) is 0. The van der Waals surface area contributed by atoms with E-state index in [9.17, 15) is 0 Å². The van der Waals surface area contributed by atoms with E-state index in [2.05, 4.69) is 33.3 Å². The summed E-state index contributed by atoms with van der Waals surface area (Å²) < 4.78 is 1.85. The molecule has 0 atom stereocenters. The highest BCUT2D eigenvalue weighted by atomic mass is 15.3. The maximum Gasteiger partial charge on any atom is 0.163 e. The number of fused-ring (bicyclic) bond motifs is 4. The number of pyridine rings is 1. The molecule has 120 valence electrons. The summed E-state index contributed by atoms with van der Waals surface area (Å²) in [6.45, 7) is 0. The first-order valence-electron chi connectivity index (χ1n) is 8.30. The van der Waals surface area contributed by atoms with E-state index < -0.39 is 0 Å². The van der Waals surface area contributed by atoms with E-state index >= 15 is 0 Å². The van der Waals surface area contributed by atoms with Crippen molar-refractivity contribution >= 4 is 27.5 Å². The Hall–Kier alpha value is -3.34. The number of hydrogen-bond donors (Lipinski definition) is 0. The van der Waals surface area contributed by atoms with Crippen LogP contribution >= 0.6 is 0 Å². The molecule has 5 aromatic rings. The second-order valence-corrected chi connectivity index (χ2v) is 6.05. The molecule has 25 heavy (non-hydrogen) atoms. The van der Waals surface area contributed by atoms with Crippen molar-refractivity contribution in [1.82, 2.24) is 24.6 Å². The highest BCUT2D eigenvalue weighted by molar-refractivity contribution is 5.93. The second-order valence-electron chi connectivity index (χ2n) is 6.05. The van der Waals surface area contributed by atoms with Gasteiger partial charge in [0.1, 0.15) is 0 Å². The van der Waals surface area contributed by atoms with Crippen LogP contribution in [0.4, 0.5) is 0 Å². The van der Waals surface area contributed by atoms with Gasteiger partial charge in [0.15, 0.2) is 11.5 Å². The van der Waals surface area contributed by atoms with Crippen LogP contribution in [0.1, 0.15) is 11.5 Å². The Balaban J connectivity index is 1.46. The average Bonchev–Trinajstić information content (AvgIpc) is 3.10. The van der Waals surface area contributed by atoms with Crippen LogP contribution in [0.15, 0.2) is 67.0 Å². The molecule has 5 nitrogen and oxygen atoms in total. The van der Waals surface area contributed by atoms with Crippen LogP contribution in [-0.2, 0) is 12.8 Å². The van der Waals surface area contributed by atoms with Gasteiger partial charge in [-0.15, -0.1) is 0 Å². The molecule has 5 rings (SSSR count). The van der Waals surface area contributed by atoms with Crippen molar-refractivity contribution in [3.63, 3.8) is 0 Å². The third-order valence-corrected chi connectivity index (χ3v) is 4.38. The third-order valence-electron chi connectivity index (χ3n) is 4.38. The fourth-order valence-corrected chi connectivity index (χ4v) is 3.11. The minimum Gasteiger partial charge on any atom is -0.253 e. The Bertz CT molecular complexity index is 1210. The van der Waals surface area contributed by atoms with Crippen LogP contribution in [0.25, 0.3) is 27.5 Å². The molecule has 0 aliphatic heterocycles. The van der Waals surface area contributed by atoms with Gasteiger partial charge in [-0.3, -0.25) is 4.98 Å². The van der Waals surface area contributed by atoms with Crippen LogP contribution in [0, 0.1) is 0 Å². The molecule has 0 saturated heterocycles. The Kier molecular flexibility index (Phi) is 3.16. The fraction of sp³-hybridized carbons (Fsp3) is 0.100. The van der Waals surface area contributed by atoms with Crippen LogP contribution in [0.2, 0.25) is 0 Å². The van der Waals surface area contributed by atoms with E-state index in [4.69, 9.17) is 4.98 Å². The molecule has 0 unspecified atom stereocenters. The average molecular weight is 325 g/mol. The van der Waals surface area contributed by atoms with Gasteiger partial charge in [-0.1, -0.05) is 36.4 Å². The van der Waals surface area contributed by atoms with E-state index in [1.165, 1.54) is 5.39 Å². The monoisotopic (exact) mass is 325 g/mol. The number of para-hydroxylation sites is 2. The largest absolute Gasteiger partial charge is 0.253 e. The van der Waals surface area contributed by atoms with Crippen LogP contribution < -0.4 is 0 Å². The minimum atomic E-state index is 0.739. The maximum absolute atomic E-state index is 4.72. The fourth-order valence-electron chi connectivity index (χ4n) is 3.11. The molecule has 0 aliphatic carbocycles. The molecule has 3 aromatic heterocycles. The van der Waals surface area contributed by atoms with Crippen molar-refractivity contribution in [3.05, 3.63) is 78.5 Å². The van der Waals surface area contributed by atoms with E-state index in [1.54, 1.807) is 0 Å². The van der Waals surface area contributed by atoms with Gasteiger partial charge in [-0.05, 0) is 30.0 Å². The molecule has 3 heterocycles. The van der Waals surface area contributed by atoms with Gasteiger partial charge in [0.25, 0.3) is 0 Å². The standard InChI is InChI=1S/C20H15N5/c1-2-6-16-14(5-1)11-12-25-20(16)23-19(24-25)10-9-15-13-21-17-7-3-4-8-18(17)22-15/h1-8,11-13H,9-10H2. The van der Waals surface area contributed by atoms with Gasteiger partial charge in [0.05, 0.1) is 16.7 Å². The summed E-state index contributed by atoms with van der Waals surface area (Å²) in [6, 6.07) is 18.2. The number of benzene rings is 2. The second kappa shape index (κ2) is 5.63. The zero-order valence-corrected chi connectivity index (χ0v) is 13.5. The van der Waals surface area contributed by atoms with Gasteiger partial charge in [-0.25, -0.2) is 14.5 Å². The molecule has 5 heteroatoms. The predicted molar refractivity (Wildman–Crippen MR) is 97.4 cm³/mol. The lowest BCUT2D eigenvalue weighted by Gasteiger charge is -2.00. The summed E-state index contributed by atoms with van der Waals surface area (Å²) in [5.41, 5.74) is 3.71. The minimum absolute atomic E-state index is 0.739. The molecule has 0 N–H and O–H groups in total. The Morgan fingerprint density at radius 3 is 2.60 bits per heavy atom. The zero-order valence-electron chi connectivity index (χ0n) is 13.5. The van der Waals surface area contributed by atoms with Gasteiger partial charge in [0, 0.05) is 24.2 Å². The van der Waals surface area contributed by atoms with E-state index in [-0.39, 0.29) is 0 Å². The highest BCUT2D eigenvalue weighted by Gasteiger charge is 2.08. The molecule has 0 aliphatic rings. The summed E-state index contributed by atoms with van der Waals surface area (Å²) in [5.74, 6) is 0.825. The molecule has 0 fully saturated rings. The number of rotatable bonds is 3. The van der Waals surface area contributed by atoms with E-state index in [0.29, 0.717) is 0 Å². The first-order chi connectivity index (χ1) is 12.4. The Morgan fingerprint density at radius 2 is 1.64 bits per heavy atom. The van der Waals surface area contributed by atoms with Gasteiger partial charge >= 0.3 is 0 Å². The summed E-state index contributed by atoms with van der Waals surface area (Å²) in [4.78, 5) is 13.9. The first-order valence-corrected chi connectivity index (χ1v) is 8.30. The Labute approximate surface area is 144 Å². The molecule has 0 radical (unpaired) electrons. The van der Waals surface area contributed by atoms with Gasteiger partial charge < -0.3 is 0 Å². The van der Waals surface area contributed by atoms with Crippen molar-refractivity contribution < 1.29 is 0 Å². The quantitative estimate of drug-likeness (QED) is 0.508. The number of nitrogens with zero attached hydrogens (tertiary/aromatic N) is 5. The highest BCUT2D eigenvalue weighted by Crippen LogP contribution is 2.18.